The third-order valence-electron chi connectivity index (χ3n) is 7.65. The maximum atomic E-state index is 14.2. The highest BCUT2D eigenvalue weighted by Crippen LogP contribution is 2.38. The van der Waals surface area contributed by atoms with Crippen molar-refractivity contribution in [2.45, 2.75) is 70.1 Å². The van der Waals surface area contributed by atoms with Gasteiger partial charge in [-0.25, -0.2) is 0 Å². The summed E-state index contributed by atoms with van der Waals surface area (Å²) in [6, 6.07) is 12.4. The number of hydrogen-bond acceptors (Lipinski definition) is 6. The van der Waals surface area contributed by atoms with Crippen molar-refractivity contribution in [3.63, 3.8) is 0 Å². The standard InChI is InChI=1S/C30H38N2O6/c1-3-16-36-25-15-14-21(17-27(25)35-2)29-30(34)31(22-10-6-4-5-7-11-22)19-28(33)32(29)18-23-20-37-24-12-8-9-13-26(24)38-23/h8-9,12-15,17,22-23,29H,3-7,10-11,16,18-20H2,1-2H3/t23-,29-/m0/s1. The van der Waals surface area contributed by atoms with Crippen LogP contribution in [0.5, 0.6) is 23.0 Å². The molecule has 2 aliphatic heterocycles. The normalized spacial score (nSPS) is 22.3. The summed E-state index contributed by atoms with van der Waals surface area (Å²) >= 11 is 0. The van der Waals surface area contributed by atoms with E-state index in [0.717, 1.165) is 32.1 Å². The van der Waals surface area contributed by atoms with Gasteiger partial charge in [-0.05, 0) is 49.1 Å². The number of piperazine rings is 1. The fourth-order valence-corrected chi connectivity index (χ4v) is 5.72. The minimum absolute atomic E-state index is 0.0436. The smallest absolute Gasteiger partial charge is 0.250 e. The van der Waals surface area contributed by atoms with E-state index >= 15 is 0 Å². The van der Waals surface area contributed by atoms with Gasteiger partial charge in [0.25, 0.3) is 5.91 Å². The summed E-state index contributed by atoms with van der Waals surface area (Å²) in [6.07, 6.45) is 6.89. The van der Waals surface area contributed by atoms with E-state index in [4.69, 9.17) is 18.9 Å². The Morgan fingerprint density at radius 2 is 1.74 bits per heavy atom. The van der Waals surface area contributed by atoms with Crippen LogP contribution in [0.1, 0.15) is 63.5 Å². The van der Waals surface area contributed by atoms with Crippen molar-refractivity contribution in [3.8, 4) is 23.0 Å². The Morgan fingerprint density at radius 3 is 2.47 bits per heavy atom. The van der Waals surface area contributed by atoms with Crippen LogP contribution in [-0.4, -0.2) is 67.2 Å². The molecule has 5 rings (SSSR count). The molecule has 0 bridgehead atoms. The number of carbonyl (C=O) groups is 2. The highest BCUT2D eigenvalue weighted by molar-refractivity contribution is 5.96. The first-order chi connectivity index (χ1) is 18.6. The third-order valence-corrected chi connectivity index (χ3v) is 7.65. The fourth-order valence-electron chi connectivity index (χ4n) is 5.72. The monoisotopic (exact) mass is 522 g/mol. The average molecular weight is 523 g/mol. The predicted octanol–water partition coefficient (Wildman–Crippen LogP) is 4.76. The number of fused-ring (bicyclic) bond motifs is 1. The summed E-state index contributed by atoms with van der Waals surface area (Å²) in [5.41, 5.74) is 0.708. The second-order valence-corrected chi connectivity index (χ2v) is 10.3. The molecule has 2 fully saturated rings. The molecule has 1 aliphatic carbocycles. The van der Waals surface area contributed by atoms with Crippen molar-refractivity contribution in [3.05, 3.63) is 48.0 Å². The van der Waals surface area contributed by atoms with Crippen LogP contribution in [0.3, 0.4) is 0 Å². The molecule has 204 valence electrons. The van der Waals surface area contributed by atoms with Gasteiger partial charge >= 0.3 is 0 Å². The summed E-state index contributed by atoms with van der Waals surface area (Å²) in [6.45, 7) is 3.26. The third kappa shape index (κ3) is 5.54. The van der Waals surface area contributed by atoms with Crippen molar-refractivity contribution in [2.24, 2.45) is 0 Å². The van der Waals surface area contributed by atoms with Crippen LogP contribution >= 0.6 is 0 Å². The van der Waals surface area contributed by atoms with Gasteiger partial charge in [0.05, 0.1) is 20.3 Å². The van der Waals surface area contributed by atoms with Crippen LogP contribution in [0.4, 0.5) is 0 Å². The van der Waals surface area contributed by atoms with Gasteiger partial charge < -0.3 is 28.7 Å². The first kappa shape index (κ1) is 26.2. The van der Waals surface area contributed by atoms with Gasteiger partial charge in [0.15, 0.2) is 29.1 Å². The lowest BCUT2D eigenvalue weighted by molar-refractivity contribution is -0.160. The number of ether oxygens (including phenoxy) is 4. The molecule has 2 amide bonds. The molecule has 2 aromatic rings. The molecular formula is C30H38N2O6. The predicted molar refractivity (Wildman–Crippen MR) is 143 cm³/mol. The molecule has 0 aromatic heterocycles. The lowest BCUT2D eigenvalue weighted by Gasteiger charge is -2.44. The molecule has 8 heteroatoms. The number of para-hydroxylation sites is 2. The SMILES string of the molecule is CCCOc1ccc([C@H]2C(=O)N(C3CCCCCC3)CC(=O)N2C[C@H]2COc3ccccc3O2)cc1OC. The van der Waals surface area contributed by atoms with Crippen molar-refractivity contribution >= 4 is 11.8 Å². The summed E-state index contributed by atoms with van der Waals surface area (Å²) in [5.74, 6) is 2.39. The molecule has 2 heterocycles. The number of hydrogen-bond donors (Lipinski definition) is 0. The van der Waals surface area contributed by atoms with Gasteiger partial charge in [0.1, 0.15) is 19.2 Å². The molecule has 0 unspecified atom stereocenters. The van der Waals surface area contributed by atoms with E-state index in [9.17, 15) is 9.59 Å². The summed E-state index contributed by atoms with van der Waals surface area (Å²) < 4.78 is 23.6. The second kappa shape index (κ2) is 12.0. The Bertz CT molecular complexity index is 1130. The number of nitrogens with zero attached hydrogens (tertiary/aromatic N) is 2. The van der Waals surface area contributed by atoms with E-state index in [1.54, 1.807) is 12.0 Å². The Morgan fingerprint density at radius 1 is 0.974 bits per heavy atom. The molecule has 0 spiro atoms. The number of carbonyl (C=O) groups excluding carboxylic acids is 2. The van der Waals surface area contributed by atoms with Gasteiger partial charge in [0, 0.05) is 6.04 Å². The van der Waals surface area contributed by atoms with Crippen molar-refractivity contribution in [1.82, 2.24) is 9.80 Å². The van der Waals surface area contributed by atoms with Crippen molar-refractivity contribution in [1.29, 1.82) is 0 Å². The largest absolute Gasteiger partial charge is 0.493 e. The minimum Gasteiger partial charge on any atom is -0.493 e. The molecule has 1 saturated carbocycles. The molecule has 0 radical (unpaired) electrons. The Labute approximate surface area is 224 Å². The topological polar surface area (TPSA) is 77.5 Å². The minimum atomic E-state index is -0.769. The summed E-state index contributed by atoms with van der Waals surface area (Å²) in [7, 11) is 1.59. The van der Waals surface area contributed by atoms with Gasteiger partial charge in [-0.2, -0.15) is 0 Å². The highest BCUT2D eigenvalue weighted by atomic mass is 16.6. The lowest BCUT2D eigenvalue weighted by atomic mass is 9.96. The number of amides is 2. The molecule has 38 heavy (non-hydrogen) atoms. The number of rotatable bonds is 8. The van der Waals surface area contributed by atoms with Crippen LogP contribution in [0.15, 0.2) is 42.5 Å². The van der Waals surface area contributed by atoms with E-state index in [-0.39, 0.29) is 37.0 Å². The van der Waals surface area contributed by atoms with Crippen LogP contribution < -0.4 is 18.9 Å². The van der Waals surface area contributed by atoms with E-state index in [1.807, 2.05) is 54.3 Å². The van der Waals surface area contributed by atoms with E-state index in [1.165, 1.54) is 12.8 Å². The zero-order chi connectivity index (χ0) is 26.5. The number of methoxy groups -OCH3 is 1. The van der Waals surface area contributed by atoms with Crippen LogP contribution in [0, 0.1) is 0 Å². The van der Waals surface area contributed by atoms with Crippen LogP contribution in [0.25, 0.3) is 0 Å². The molecule has 1 saturated heterocycles. The molecule has 2 aromatic carbocycles. The second-order valence-electron chi connectivity index (χ2n) is 10.3. The first-order valence-corrected chi connectivity index (χ1v) is 13.9. The quantitative estimate of drug-likeness (QED) is 0.466. The van der Waals surface area contributed by atoms with Gasteiger partial charge in [0.2, 0.25) is 5.91 Å². The fraction of sp³-hybridized carbons (Fsp3) is 0.533. The van der Waals surface area contributed by atoms with Crippen LogP contribution in [-0.2, 0) is 9.59 Å². The Hall–Kier alpha value is -3.42. The highest BCUT2D eigenvalue weighted by Gasteiger charge is 2.44. The molecule has 0 N–H and O–H groups in total. The van der Waals surface area contributed by atoms with E-state index in [2.05, 4.69) is 0 Å². The maximum Gasteiger partial charge on any atom is 0.250 e. The van der Waals surface area contributed by atoms with Crippen molar-refractivity contribution in [2.75, 3.05) is 33.4 Å². The van der Waals surface area contributed by atoms with E-state index < -0.39 is 6.04 Å². The zero-order valence-electron chi connectivity index (χ0n) is 22.4. The maximum absolute atomic E-state index is 14.2. The zero-order valence-corrected chi connectivity index (χ0v) is 22.4. The van der Waals surface area contributed by atoms with Gasteiger partial charge in [-0.15, -0.1) is 0 Å². The number of benzene rings is 2. The van der Waals surface area contributed by atoms with Gasteiger partial charge in [-0.1, -0.05) is 50.8 Å². The first-order valence-electron chi connectivity index (χ1n) is 13.9. The average Bonchev–Trinajstić information content (AvgIpc) is 3.23. The summed E-state index contributed by atoms with van der Waals surface area (Å²) in [4.78, 5) is 31.4. The molecule has 2 atom stereocenters. The lowest BCUT2D eigenvalue weighted by Crippen LogP contribution is -2.60. The van der Waals surface area contributed by atoms with Gasteiger partial charge in [-0.3, -0.25) is 9.59 Å². The molecule has 8 nitrogen and oxygen atoms in total. The van der Waals surface area contributed by atoms with Crippen molar-refractivity contribution < 1.29 is 28.5 Å². The van der Waals surface area contributed by atoms with E-state index in [0.29, 0.717) is 41.8 Å². The van der Waals surface area contributed by atoms with Crippen LogP contribution in [0.2, 0.25) is 0 Å². The Balaban J connectivity index is 1.45. The molecular weight excluding hydrogens is 484 g/mol. The Kier molecular flexibility index (Phi) is 8.25. The summed E-state index contributed by atoms with van der Waals surface area (Å²) in [5, 5.41) is 0. The molecule has 3 aliphatic rings.